The number of aromatic nitrogens is 2. The number of aryl methyl sites for hydroxylation is 1. The third kappa shape index (κ3) is 3.97. The molecule has 1 aromatic heterocycles. The average molecular weight is 433 g/mol. The van der Waals surface area contributed by atoms with Crippen LogP contribution >= 0.6 is 11.3 Å². The Morgan fingerprint density at radius 1 is 1.13 bits per heavy atom. The molecule has 2 heterocycles. The van der Waals surface area contributed by atoms with Crippen molar-refractivity contribution in [3.8, 4) is 5.75 Å². The molecule has 1 atom stereocenters. The number of carbonyl (C=O) groups excluding carboxylic acids is 2. The molecule has 0 radical (unpaired) electrons. The molecule has 31 heavy (non-hydrogen) atoms. The van der Waals surface area contributed by atoms with E-state index in [1.54, 1.807) is 44.4 Å². The minimum Gasteiger partial charge on any atom is -0.503 e. The molecule has 0 fully saturated rings. The van der Waals surface area contributed by atoms with Crippen LogP contribution in [-0.2, 0) is 9.59 Å². The van der Waals surface area contributed by atoms with E-state index in [-0.39, 0.29) is 5.57 Å². The number of aliphatic hydroxyl groups excluding tert-OH is 1. The Balaban J connectivity index is 1.77. The molecular weight excluding hydrogens is 414 g/mol. The lowest BCUT2D eigenvalue weighted by atomic mass is 9.95. The summed E-state index contributed by atoms with van der Waals surface area (Å²) in [6.07, 6.45) is 3.01. The van der Waals surface area contributed by atoms with Crippen molar-refractivity contribution in [3.63, 3.8) is 0 Å². The van der Waals surface area contributed by atoms with E-state index in [0.717, 1.165) is 5.56 Å². The molecular formula is C23H19N3O4S. The first kappa shape index (κ1) is 20.5. The Bertz CT molecular complexity index is 1180. The van der Waals surface area contributed by atoms with E-state index in [2.05, 4.69) is 10.2 Å². The Morgan fingerprint density at radius 3 is 2.45 bits per heavy atom. The third-order valence-electron chi connectivity index (χ3n) is 4.85. The number of benzene rings is 2. The topological polar surface area (TPSA) is 92.6 Å². The lowest BCUT2D eigenvalue weighted by Gasteiger charge is -2.23. The van der Waals surface area contributed by atoms with E-state index in [0.29, 0.717) is 21.5 Å². The van der Waals surface area contributed by atoms with Crippen LogP contribution in [0, 0.1) is 6.92 Å². The highest BCUT2D eigenvalue weighted by molar-refractivity contribution is 7.15. The molecule has 2 aromatic carbocycles. The number of anilines is 1. The summed E-state index contributed by atoms with van der Waals surface area (Å²) in [4.78, 5) is 27.4. The van der Waals surface area contributed by atoms with Crippen LogP contribution in [0.25, 0.3) is 6.08 Å². The lowest BCUT2D eigenvalue weighted by molar-refractivity contribution is -0.117. The first-order chi connectivity index (χ1) is 15.0. The summed E-state index contributed by atoms with van der Waals surface area (Å²) in [5.74, 6) is -1.10. The van der Waals surface area contributed by atoms with Gasteiger partial charge in [0.1, 0.15) is 10.8 Å². The summed E-state index contributed by atoms with van der Waals surface area (Å²) in [7, 11) is 1.56. The Kier molecular flexibility index (Phi) is 5.64. The maximum absolute atomic E-state index is 13.1. The Morgan fingerprint density at radius 2 is 1.84 bits per heavy atom. The van der Waals surface area contributed by atoms with Gasteiger partial charge in [0.05, 0.1) is 18.7 Å². The zero-order chi connectivity index (χ0) is 22.0. The molecule has 7 nitrogen and oxygen atoms in total. The highest BCUT2D eigenvalue weighted by Crippen LogP contribution is 2.42. The van der Waals surface area contributed by atoms with Gasteiger partial charge in [0.25, 0.3) is 5.91 Å². The van der Waals surface area contributed by atoms with E-state index in [4.69, 9.17) is 4.74 Å². The molecule has 156 valence electrons. The number of carbonyl (C=O) groups is 2. The monoisotopic (exact) mass is 433 g/mol. The molecule has 4 rings (SSSR count). The van der Waals surface area contributed by atoms with Crippen LogP contribution in [0.2, 0.25) is 0 Å². The highest BCUT2D eigenvalue weighted by atomic mass is 32.1. The van der Waals surface area contributed by atoms with E-state index in [9.17, 15) is 14.7 Å². The average Bonchev–Trinajstić information content (AvgIpc) is 3.33. The Hall–Kier alpha value is -3.78. The molecule has 1 unspecified atom stereocenters. The maximum Gasteiger partial charge on any atom is 0.296 e. The van der Waals surface area contributed by atoms with Crippen molar-refractivity contribution >= 4 is 34.2 Å². The SMILES string of the molecule is COc1ccc(C2C(C(=O)C=Cc3ccccc3)=C(O)C(=O)N2c2nnc(C)s2)cc1. The number of amides is 1. The summed E-state index contributed by atoms with van der Waals surface area (Å²) in [6, 6.07) is 15.5. The van der Waals surface area contributed by atoms with Gasteiger partial charge in [-0.05, 0) is 36.3 Å². The van der Waals surface area contributed by atoms with Crippen molar-refractivity contribution in [2.45, 2.75) is 13.0 Å². The largest absolute Gasteiger partial charge is 0.503 e. The van der Waals surface area contributed by atoms with E-state index in [1.165, 1.54) is 22.3 Å². The quantitative estimate of drug-likeness (QED) is 0.590. The standard InChI is InChI=1S/C23H19N3O4S/c1-14-24-25-23(31-14)26-20(16-9-11-17(30-2)12-10-16)19(21(28)22(26)29)18(27)13-8-15-6-4-3-5-7-15/h3-13,20,28H,1-2H3. The van der Waals surface area contributed by atoms with E-state index >= 15 is 0 Å². The molecule has 1 amide bonds. The number of methoxy groups -OCH3 is 1. The van der Waals surface area contributed by atoms with Crippen molar-refractivity contribution < 1.29 is 19.4 Å². The fourth-order valence-electron chi connectivity index (χ4n) is 3.37. The molecule has 0 saturated carbocycles. The lowest BCUT2D eigenvalue weighted by Crippen LogP contribution is -2.30. The minimum atomic E-state index is -0.835. The fraction of sp³-hybridized carbons (Fsp3) is 0.130. The van der Waals surface area contributed by atoms with Crippen molar-refractivity contribution in [2.75, 3.05) is 12.0 Å². The molecule has 1 N–H and O–H groups in total. The normalized spacial score (nSPS) is 16.4. The van der Waals surface area contributed by atoms with Crippen LogP contribution < -0.4 is 9.64 Å². The van der Waals surface area contributed by atoms with Gasteiger partial charge in [-0.1, -0.05) is 59.9 Å². The number of hydrogen-bond donors (Lipinski definition) is 1. The van der Waals surface area contributed by atoms with Gasteiger partial charge in [-0.25, -0.2) is 0 Å². The predicted molar refractivity (Wildman–Crippen MR) is 118 cm³/mol. The summed E-state index contributed by atoms with van der Waals surface area (Å²) in [6.45, 7) is 1.77. The molecule has 0 aliphatic carbocycles. The van der Waals surface area contributed by atoms with Gasteiger partial charge < -0.3 is 9.84 Å². The molecule has 0 spiro atoms. The van der Waals surface area contributed by atoms with Crippen LogP contribution in [0.5, 0.6) is 5.75 Å². The molecule has 3 aromatic rings. The summed E-state index contributed by atoms with van der Waals surface area (Å²) < 4.78 is 5.21. The van der Waals surface area contributed by atoms with Crippen molar-refractivity contribution in [2.24, 2.45) is 0 Å². The first-order valence-corrected chi connectivity index (χ1v) is 10.3. The minimum absolute atomic E-state index is 0.00444. The number of ether oxygens (including phenoxy) is 1. The van der Waals surface area contributed by atoms with Crippen LogP contribution in [0.3, 0.4) is 0 Å². The number of aliphatic hydroxyl groups is 1. The molecule has 0 saturated heterocycles. The summed E-state index contributed by atoms with van der Waals surface area (Å²) in [5.41, 5.74) is 1.47. The van der Waals surface area contributed by atoms with Gasteiger partial charge in [0.15, 0.2) is 11.5 Å². The first-order valence-electron chi connectivity index (χ1n) is 9.48. The predicted octanol–water partition coefficient (Wildman–Crippen LogP) is 4.04. The second kappa shape index (κ2) is 8.53. The van der Waals surface area contributed by atoms with Crippen LogP contribution in [-0.4, -0.2) is 34.1 Å². The van der Waals surface area contributed by atoms with E-state index in [1.807, 2.05) is 30.3 Å². The van der Waals surface area contributed by atoms with Gasteiger partial charge in [-0.2, -0.15) is 0 Å². The zero-order valence-electron chi connectivity index (χ0n) is 16.9. The van der Waals surface area contributed by atoms with Gasteiger partial charge in [0.2, 0.25) is 5.13 Å². The van der Waals surface area contributed by atoms with Gasteiger partial charge in [0, 0.05) is 0 Å². The van der Waals surface area contributed by atoms with Crippen LogP contribution in [0.1, 0.15) is 22.2 Å². The molecule has 1 aliphatic rings. The van der Waals surface area contributed by atoms with Crippen LogP contribution in [0.15, 0.2) is 72.0 Å². The number of hydrogen-bond acceptors (Lipinski definition) is 7. The highest BCUT2D eigenvalue weighted by Gasteiger charge is 2.45. The number of allylic oxidation sites excluding steroid dienone is 1. The van der Waals surface area contributed by atoms with Crippen LogP contribution in [0.4, 0.5) is 5.13 Å². The maximum atomic E-state index is 13.1. The summed E-state index contributed by atoms with van der Waals surface area (Å²) in [5, 5.41) is 19.7. The van der Waals surface area contributed by atoms with Gasteiger partial charge >= 0.3 is 0 Å². The summed E-state index contributed by atoms with van der Waals surface area (Å²) >= 11 is 1.21. The molecule has 0 bridgehead atoms. The van der Waals surface area contributed by atoms with Gasteiger partial charge in [-0.3, -0.25) is 14.5 Å². The van der Waals surface area contributed by atoms with Crippen molar-refractivity contribution in [3.05, 3.63) is 88.1 Å². The Labute approximate surface area is 182 Å². The molecule has 1 aliphatic heterocycles. The van der Waals surface area contributed by atoms with Gasteiger partial charge in [-0.15, -0.1) is 10.2 Å². The number of nitrogens with zero attached hydrogens (tertiary/aromatic N) is 3. The number of rotatable bonds is 6. The number of ketones is 1. The smallest absolute Gasteiger partial charge is 0.296 e. The van der Waals surface area contributed by atoms with E-state index < -0.39 is 23.5 Å². The third-order valence-corrected chi connectivity index (χ3v) is 5.69. The van der Waals surface area contributed by atoms with Crippen molar-refractivity contribution in [1.29, 1.82) is 0 Å². The molecule has 8 heteroatoms. The fourth-order valence-corrected chi connectivity index (χ4v) is 4.08. The van der Waals surface area contributed by atoms with Crippen molar-refractivity contribution in [1.82, 2.24) is 10.2 Å². The second-order valence-corrected chi connectivity index (χ2v) is 7.99. The zero-order valence-corrected chi connectivity index (χ0v) is 17.7. The second-order valence-electron chi connectivity index (χ2n) is 6.83.